The van der Waals surface area contributed by atoms with Crippen LogP contribution in [0.2, 0.25) is 0 Å². The first-order valence-electron chi connectivity index (χ1n) is 5.30. The Bertz CT molecular complexity index is 486. The number of nitrogens with zero attached hydrogens (tertiary/aromatic N) is 3. The van der Waals surface area contributed by atoms with Crippen LogP contribution in [-0.2, 0) is 6.54 Å². The highest BCUT2D eigenvalue weighted by molar-refractivity contribution is 7.10. The number of thiazole rings is 1. The molecule has 16 heavy (non-hydrogen) atoms. The van der Waals surface area contributed by atoms with Crippen molar-refractivity contribution in [1.82, 2.24) is 14.3 Å². The van der Waals surface area contributed by atoms with Crippen molar-refractivity contribution in [3.63, 3.8) is 0 Å². The van der Waals surface area contributed by atoms with Crippen molar-refractivity contribution in [2.24, 2.45) is 0 Å². The van der Waals surface area contributed by atoms with Crippen molar-refractivity contribution in [3.8, 4) is 0 Å². The number of hydrogen-bond acceptors (Lipinski definition) is 6. The summed E-state index contributed by atoms with van der Waals surface area (Å²) in [5, 5.41) is 7.36. The van der Waals surface area contributed by atoms with E-state index in [2.05, 4.69) is 25.0 Å². The van der Waals surface area contributed by atoms with Gasteiger partial charge in [0.25, 0.3) is 0 Å². The third-order valence-electron chi connectivity index (χ3n) is 2.47. The predicted molar refractivity (Wildman–Crippen MR) is 66.1 cm³/mol. The molecule has 0 atom stereocenters. The highest BCUT2D eigenvalue weighted by Gasteiger charge is 2.27. The first-order valence-corrected chi connectivity index (χ1v) is 6.95. The fraction of sp³-hybridized carbons (Fsp3) is 0.500. The van der Waals surface area contributed by atoms with Crippen LogP contribution in [0.3, 0.4) is 0 Å². The second-order valence-corrected chi connectivity index (χ2v) is 5.76. The molecule has 0 bridgehead atoms. The van der Waals surface area contributed by atoms with E-state index in [1.807, 2.05) is 6.92 Å². The molecule has 0 radical (unpaired) electrons. The van der Waals surface area contributed by atoms with E-state index in [0.717, 1.165) is 28.2 Å². The summed E-state index contributed by atoms with van der Waals surface area (Å²) in [6.07, 6.45) is 2.50. The number of rotatable bonds is 4. The fourth-order valence-corrected chi connectivity index (χ4v) is 2.72. The number of anilines is 1. The van der Waals surface area contributed by atoms with Gasteiger partial charge in [-0.15, -0.1) is 11.3 Å². The molecule has 1 aliphatic rings. The van der Waals surface area contributed by atoms with Crippen molar-refractivity contribution in [1.29, 1.82) is 0 Å². The molecule has 1 fully saturated rings. The normalized spacial score (nSPS) is 15.3. The Kier molecular flexibility index (Phi) is 2.61. The molecule has 1 aliphatic carbocycles. The van der Waals surface area contributed by atoms with Crippen LogP contribution in [-0.4, -0.2) is 14.3 Å². The Morgan fingerprint density at radius 1 is 1.44 bits per heavy atom. The molecule has 2 heterocycles. The van der Waals surface area contributed by atoms with Gasteiger partial charge in [0.05, 0.1) is 17.2 Å². The Morgan fingerprint density at radius 3 is 3.00 bits per heavy atom. The Labute approximate surface area is 102 Å². The molecule has 1 N–H and O–H groups in total. The first-order chi connectivity index (χ1) is 7.81. The molecule has 0 aliphatic heterocycles. The maximum atomic E-state index is 4.47. The second kappa shape index (κ2) is 4.10. The Balaban J connectivity index is 1.61. The zero-order valence-electron chi connectivity index (χ0n) is 8.93. The largest absolute Gasteiger partial charge is 0.355 e. The zero-order chi connectivity index (χ0) is 11.0. The average molecular weight is 252 g/mol. The van der Waals surface area contributed by atoms with Gasteiger partial charge in [0.15, 0.2) is 0 Å². The lowest BCUT2D eigenvalue weighted by Crippen LogP contribution is -1.99. The SMILES string of the molecule is Cc1nc(CNc2nc(C3CC3)ns2)cs1. The monoisotopic (exact) mass is 252 g/mol. The summed E-state index contributed by atoms with van der Waals surface area (Å²) in [7, 11) is 0. The van der Waals surface area contributed by atoms with E-state index in [1.165, 1.54) is 24.4 Å². The zero-order valence-corrected chi connectivity index (χ0v) is 10.6. The minimum atomic E-state index is 0.633. The van der Waals surface area contributed by atoms with Gasteiger partial charge in [-0.25, -0.2) is 9.97 Å². The molecule has 1 saturated carbocycles. The van der Waals surface area contributed by atoms with Crippen molar-refractivity contribution >= 4 is 28.0 Å². The summed E-state index contributed by atoms with van der Waals surface area (Å²) in [5.74, 6) is 1.65. The first kappa shape index (κ1) is 10.2. The van der Waals surface area contributed by atoms with Crippen molar-refractivity contribution in [2.45, 2.75) is 32.2 Å². The predicted octanol–water partition coefficient (Wildman–Crippen LogP) is 2.79. The maximum Gasteiger partial charge on any atom is 0.202 e. The molecule has 2 aromatic rings. The number of aromatic nitrogens is 3. The Hall–Kier alpha value is -1.01. The topological polar surface area (TPSA) is 50.7 Å². The van der Waals surface area contributed by atoms with Crippen LogP contribution in [0.25, 0.3) is 0 Å². The molecule has 84 valence electrons. The van der Waals surface area contributed by atoms with Gasteiger partial charge in [-0.05, 0) is 19.8 Å². The molecule has 3 rings (SSSR count). The van der Waals surface area contributed by atoms with Crippen LogP contribution in [0, 0.1) is 6.92 Å². The summed E-state index contributed by atoms with van der Waals surface area (Å²) in [6, 6.07) is 0. The smallest absolute Gasteiger partial charge is 0.202 e. The summed E-state index contributed by atoms with van der Waals surface area (Å²) >= 11 is 3.12. The van der Waals surface area contributed by atoms with Gasteiger partial charge in [-0.1, -0.05) is 0 Å². The lowest BCUT2D eigenvalue weighted by molar-refractivity contribution is 0.975. The summed E-state index contributed by atoms with van der Waals surface area (Å²) in [6.45, 7) is 2.76. The van der Waals surface area contributed by atoms with Gasteiger partial charge in [0.2, 0.25) is 5.13 Å². The van der Waals surface area contributed by atoms with Gasteiger partial charge in [-0.2, -0.15) is 4.37 Å². The summed E-state index contributed by atoms with van der Waals surface area (Å²) < 4.78 is 4.35. The lowest BCUT2D eigenvalue weighted by atomic mass is 10.4. The van der Waals surface area contributed by atoms with E-state index in [1.54, 1.807) is 11.3 Å². The molecule has 6 heteroatoms. The third kappa shape index (κ3) is 2.22. The maximum absolute atomic E-state index is 4.47. The molecule has 0 amide bonds. The van der Waals surface area contributed by atoms with E-state index < -0.39 is 0 Å². The minimum absolute atomic E-state index is 0.633. The number of aryl methyl sites for hydroxylation is 1. The van der Waals surface area contributed by atoms with E-state index in [-0.39, 0.29) is 0 Å². The van der Waals surface area contributed by atoms with E-state index in [0.29, 0.717) is 5.92 Å². The van der Waals surface area contributed by atoms with Crippen molar-refractivity contribution < 1.29 is 0 Å². The van der Waals surface area contributed by atoms with Gasteiger partial charge in [-0.3, -0.25) is 0 Å². The van der Waals surface area contributed by atoms with Gasteiger partial charge in [0.1, 0.15) is 5.82 Å². The molecule has 2 aromatic heterocycles. The standard InChI is InChI=1S/C10H12N4S2/c1-6-12-8(5-15-6)4-11-10-13-9(14-16-10)7-2-3-7/h5,7H,2-4H2,1H3,(H,11,13,14). The number of hydrogen-bond donors (Lipinski definition) is 1. The highest BCUT2D eigenvalue weighted by atomic mass is 32.1. The average Bonchev–Trinajstić information content (AvgIpc) is 2.87. The molecule has 0 saturated heterocycles. The van der Waals surface area contributed by atoms with Crippen LogP contribution in [0.1, 0.15) is 35.3 Å². The molecule has 0 aromatic carbocycles. The molecular weight excluding hydrogens is 240 g/mol. The van der Waals surface area contributed by atoms with Gasteiger partial charge in [0, 0.05) is 22.8 Å². The van der Waals surface area contributed by atoms with E-state index >= 15 is 0 Å². The van der Waals surface area contributed by atoms with Crippen LogP contribution < -0.4 is 5.32 Å². The summed E-state index contributed by atoms with van der Waals surface area (Å²) in [5.41, 5.74) is 1.07. The van der Waals surface area contributed by atoms with Crippen LogP contribution in [0.4, 0.5) is 5.13 Å². The van der Waals surface area contributed by atoms with E-state index in [9.17, 15) is 0 Å². The molecular formula is C10H12N4S2. The van der Waals surface area contributed by atoms with Gasteiger partial charge < -0.3 is 5.32 Å². The quantitative estimate of drug-likeness (QED) is 0.909. The van der Waals surface area contributed by atoms with Gasteiger partial charge >= 0.3 is 0 Å². The Morgan fingerprint density at radius 2 is 2.31 bits per heavy atom. The molecule has 0 unspecified atom stereocenters. The summed E-state index contributed by atoms with van der Waals surface area (Å²) in [4.78, 5) is 8.86. The second-order valence-electron chi connectivity index (χ2n) is 3.94. The molecule has 4 nitrogen and oxygen atoms in total. The van der Waals surface area contributed by atoms with Crippen molar-refractivity contribution in [2.75, 3.05) is 5.32 Å². The van der Waals surface area contributed by atoms with E-state index in [4.69, 9.17) is 0 Å². The van der Waals surface area contributed by atoms with Crippen LogP contribution in [0.5, 0.6) is 0 Å². The highest BCUT2D eigenvalue weighted by Crippen LogP contribution is 2.39. The van der Waals surface area contributed by atoms with Crippen LogP contribution >= 0.6 is 22.9 Å². The minimum Gasteiger partial charge on any atom is -0.355 e. The number of nitrogens with one attached hydrogen (secondary N) is 1. The third-order valence-corrected chi connectivity index (χ3v) is 3.98. The van der Waals surface area contributed by atoms with Crippen LogP contribution in [0.15, 0.2) is 5.38 Å². The molecule has 0 spiro atoms. The van der Waals surface area contributed by atoms with Crippen molar-refractivity contribution in [3.05, 3.63) is 21.9 Å². The fourth-order valence-electron chi connectivity index (χ4n) is 1.47. The lowest BCUT2D eigenvalue weighted by Gasteiger charge is -1.97.